The van der Waals surface area contributed by atoms with E-state index in [0.29, 0.717) is 18.6 Å². The zero-order valence-corrected chi connectivity index (χ0v) is 15.9. The summed E-state index contributed by atoms with van der Waals surface area (Å²) in [4.78, 5) is 19.4. The number of likely N-dealkylation sites (N-methyl/N-ethyl adjacent to an activating group) is 1. The van der Waals surface area contributed by atoms with Gasteiger partial charge in [0.2, 0.25) is 5.91 Å². The Morgan fingerprint density at radius 3 is 2.60 bits per heavy atom. The molecule has 0 aromatic heterocycles. The minimum atomic E-state index is -0.107. The minimum absolute atomic E-state index is 0.107. The van der Waals surface area contributed by atoms with Crippen LogP contribution in [0.4, 0.5) is 0 Å². The maximum atomic E-state index is 12.8. The molecular formula is C19H29N3O3. The zero-order valence-electron chi connectivity index (χ0n) is 15.9. The topological polar surface area (TPSA) is 45.2 Å². The monoisotopic (exact) mass is 347 g/mol. The fraction of sp³-hybridized carbons (Fsp3) is 0.632. The van der Waals surface area contributed by atoms with Crippen molar-refractivity contribution in [2.45, 2.75) is 38.0 Å². The lowest BCUT2D eigenvalue weighted by atomic mass is 10.0. The molecule has 0 spiro atoms. The van der Waals surface area contributed by atoms with Crippen LogP contribution in [-0.4, -0.2) is 80.1 Å². The number of carbonyl (C=O) groups excluding carboxylic acids is 1. The van der Waals surface area contributed by atoms with Crippen molar-refractivity contribution in [1.29, 1.82) is 0 Å². The summed E-state index contributed by atoms with van der Waals surface area (Å²) in [6.45, 7) is 4.47. The molecule has 2 aliphatic rings. The summed E-state index contributed by atoms with van der Waals surface area (Å²) in [6, 6.07) is 6.52. The molecule has 0 saturated carbocycles. The fourth-order valence-corrected chi connectivity index (χ4v) is 3.94. The Morgan fingerprint density at radius 1 is 1.20 bits per heavy atom. The molecule has 3 atom stereocenters. The van der Waals surface area contributed by atoms with Crippen LogP contribution in [0.2, 0.25) is 0 Å². The van der Waals surface area contributed by atoms with Gasteiger partial charge in [-0.05, 0) is 33.5 Å². The first-order valence-corrected chi connectivity index (χ1v) is 8.86. The predicted octanol–water partition coefficient (Wildman–Crippen LogP) is 1.44. The number of ether oxygens (including phenoxy) is 2. The molecule has 1 amide bonds. The second-order valence-corrected chi connectivity index (χ2v) is 7.28. The van der Waals surface area contributed by atoms with Gasteiger partial charge in [-0.15, -0.1) is 0 Å². The third kappa shape index (κ3) is 3.46. The molecule has 6 heteroatoms. The van der Waals surface area contributed by atoms with Crippen molar-refractivity contribution in [2.24, 2.45) is 0 Å². The predicted molar refractivity (Wildman–Crippen MR) is 97.0 cm³/mol. The maximum absolute atomic E-state index is 12.8. The largest absolute Gasteiger partial charge is 0.497 e. The van der Waals surface area contributed by atoms with E-state index in [1.54, 1.807) is 14.2 Å². The standard InChI is InChI=1S/C19H29N3O3/c1-13-19(23)22-12-15(20(2)3)8-16(22)11-21(13)10-14-6-7-17(24-4)9-18(14)25-5/h6-7,9,13,15-16H,8,10-12H2,1-5H3/t13-,15-,16-/m0/s1. The average Bonchev–Trinajstić information content (AvgIpc) is 3.04. The van der Waals surface area contributed by atoms with Crippen molar-refractivity contribution in [3.05, 3.63) is 23.8 Å². The van der Waals surface area contributed by atoms with Crippen LogP contribution in [0.5, 0.6) is 11.5 Å². The quantitative estimate of drug-likeness (QED) is 0.806. The third-order valence-electron chi connectivity index (χ3n) is 5.62. The molecule has 3 rings (SSSR count). The van der Waals surface area contributed by atoms with E-state index in [1.807, 2.05) is 25.1 Å². The normalized spacial score (nSPS) is 26.9. The van der Waals surface area contributed by atoms with Gasteiger partial charge in [-0.3, -0.25) is 9.69 Å². The van der Waals surface area contributed by atoms with Gasteiger partial charge in [0, 0.05) is 43.3 Å². The van der Waals surface area contributed by atoms with Crippen LogP contribution in [-0.2, 0) is 11.3 Å². The van der Waals surface area contributed by atoms with Gasteiger partial charge in [-0.25, -0.2) is 0 Å². The van der Waals surface area contributed by atoms with Crippen LogP contribution < -0.4 is 9.47 Å². The Kier molecular flexibility index (Phi) is 5.20. The molecule has 0 bridgehead atoms. The molecule has 2 heterocycles. The number of amides is 1. The number of rotatable bonds is 5. The van der Waals surface area contributed by atoms with E-state index >= 15 is 0 Å². The summed E-state index contributed by atoms with van der Waals surface area (Å²) < 4.78 is 10.8. The van der Waals surface area contributed by atoms with Crippen molar-refractivity contribution in [2.75, 3.05) is 41.4 Å². The summed E-state index contributed by atoms with van der Waals surface area (Å²) in [5.74, 6) is 1.83. The first-order chi connectivity index (χ1) is 11.9. The van der Waals surface area contributed by atoms with Crippen molar-refractivity contribution in [3.63, 3.8) is 0 Å². The van der Waals surface area contributed by atoms with E-state index in [0.717, 1.165) is 36.6 Å². The van der Waals surface area contributed by atoms with Crippen molar-refractivity contribution < 1.29 is 14.3 Å². The highest BCUT2D eigenvalue weighted by Crippen LogP contribution is 2.31. The number of fused-ring (bicyclic) bond motifs is 1. The Bertz CT molecular complexity index is 634. The SMILES string of the molecule is COc1ccc(CN2C[C@@H]3C[C@H](N(C)C)CN3C(=O)[C@@H]2C)c(OC)c1. The molecule has 2 aliphatic heterocycles. The van der Waals surface area contributed by atoms with E-state index in [1.165, 1.54) is 0 Å². The van der Waals surface area contributed by atoms with E-state index in [4.69, 9.17) is 9.47 Å². The molecular weight excluding hydrogens is 318 g/mol. The highest BCUT2D eigenvalue weighted by atomic mass is 16.5. The third-order valence-corrected chi connectivity index (χ3v) is 5.62. The molecule has 138 valence electrons. The van der Waals surface area contributed by atoms with E-state index in [2.05, 4.69) is 28.8 Å². The van der Waals surface area contributed by atoms with Gasteiger partial charge >= 0.3 is 0 Å². The lowest BCUT2D eigenvalue weighted by Gasteiger charge is -2.41. The summed E-state index contributed by atoms with van der Waals surface area (Å²) in [7, 11) is 7.51. The van der Waals surface area contributed by atoms with Gasteiger partial charge in [0.1, 0.15) is 11.5 Å². The smallest absolute Gasteiger partial charge is 0.240 e. The molecule has 6 nitrogen and oxygen atoms in total. The number of methoxy groups -OCH3 is 2. The zero-order chi connectivity index (χ0) is 18.1. The maximum Gasteiger partial charge on any atom is 0.240 e. The van der Waals surface area contributed by atoms with Crippen molar-refractivity contribution in [3.8, 4) is 11.5 Å². The molecule has 2 fully saturated rings. The molecule has 25 heavy (non-hydrogen) atoms. The van der Waals surface area contributed by atoms with E-state index < -0.39 is 0 Å². The Hall–Kier alpha value is -1.79. The summed E-state index contributed by atoms with van der Waals surface area (Å²) in [6.07, 6.45) is 1.04. The Balaban J connectivity index is 1.76. The van der Waals surface area contributed by atoms with Gasteiger partial charge in [-0.1, -0.05) is 6.07 Å². The first kappa shape index (κ1) is 18.0. The Morgan fingerprint density at radius 2 is 1.96 bits per heavy atom. The summed E-state index contributed by atoms with van der Waals surface area (Å²) >= 11 is 0. The number of piperazine rings is 1. The molecule has 0 aliphatic carbocycles. The van der Waals surface area contributed by atoms with Crippen LogP contribution in [0, 0.1) is 0 Å². The Labute approximate surface area is 150 Å². The number of hydrogen-bond acceptors (Lipinski definition) is 5. The number of benzene rings is 1. The highest BCUT2D eigenvalue weighted by molar-refractivity contribution is 5.83. The van der Waals surface area contributed by atoms with Gasteiger partial charge < -0.3 is 19.3 Å². The van der Waals surface area contributed by atoms with Gasteiger partial charge in [0.25, 0.3) is 0 Å². The van der Waals surface area contributed by atoms with Gasteiger partial charge in [0.15, 0.2) is 0 Å². The van der Waals surface area contributed by atoms with Crippen LogP contribution in [0.15, 0.2) is 18.2 Å². The first-order valence-electron chi connectivity index (χ1n) is 8.86. The van der Waals surface area contributed by atoms with Crippen LogP contribution in [0.3, 0.4) is 0 Å². The van der Waals surface area contributed by atoms with Crippen molar-refractivity contribution >= 4 is 5.91 Å². The van der Waals surface area contributed by atoms with Crippen LogP contribution in [0.1, 0.15) is 18.9 Å². The number of nitrogens with zero attached hydrogens (tertiary/aromatic N) is 3. The fourth-order valence-electron chi connectivity index (χ4n) is 3.94. The van der Waals surface area contributed by atoms with Crippen molar-refractivity contribution in [1.82, 2.24) is 14.7 Å². The molecule has 1 aromatic carbocycles. The highest BCUT2D eigenvalue weighted by Gasteiger charge is 2.44. The van der Waals surface area contributed by atoms with Gasteiger partial charge in [0.05, 0.1) is 20.3 Å². The second kappa shape index (κ2) is 7.22. The second-order valence-electron chi connectivity index (χ2n) is 7.28. The average molecular weight is 347 g/mol. The molecule has 2 saturated heterocycles. The lowest BCUT2D eigenvalue weighted by molar-refractivity contribution is -0.143. The summed E-state index contributed by atoms with van der Waals surface area (Å²) in [5, 5.41) is 0. The van der Waals surface area contributed by atoms with E-state index in [9.17, 15) is 4.79 Å². The molecule has 0 radical (unpaired) electrons. The molecule has 0 N–H and O–H groups in total. The number of carbonyl (C=O) groups is 1. The van der Waals surface area contributed by atoms with Crippen LogP contribution in [0.25, 0.3) is 0 Å². The molecule has 0 unspecified atom stereocenters. The number of hydrogen-bond donors (Lipinski definition) is 0. The lowest BCUT2D eigenvalue weighted by Crippen LogP contribution is -2.58. The summed E-state index contributed by atoms with van der Waals surface area (Å²) in [5.41, 5.74) is 1.08. The van der Waals surface area contributed by atoms with Crippen LogP contribution >= 0.6 is 0 Å². The molecule has 1 aromatic rings. The van der Waals surface area contributed by atoms with Gasteiger partial charge in [-0.2, -0.15) is 0 Å². The minimum Gasteiger partial charge on any atom is -0.497 e. The van der Waals surface area contributed by atoms with E-state index in [-0.39, 0.29) is 11.9 Å².